The SMILES string of the molecule is Cc1cccc(C(=O)Nc2c(C)cc(O)cc2C)c1. The first kappa shape index (κ1) is 13.1. The lowest BCUT2D eigenvalue weighted by Gasteiger charge is -2.12. The zero-order valence-electron chi connectivity index (χ0n) is 11.3. The van der Waals surface area contributed by atoms with Crippen molar-refractivity contribution in [3.05, 3.63) is 58.7 Å². The van der Waals surface area contributed by atoms with Crippen LogP contribution < -0.4 is 5.32 Å². The first-order valence-corrected chi connectivity index (χ1v) is 6.15. The van der Waals surface area contributed by atoms with Crippen LogP contribution in [0.15, 0.2) is 36.4 Å². The largest absolute Gasteiger partial charge is 0.508 e. The fraction of sp³-hybridized carbons (Fsp3) is 0.188. The Labute approximate surface area is 112 Å². The molecule has 0 heterocycles. The molecule has 0 radical (unpaired) electrons. The molecule has 0 atom stereocenters. The maximum Gasteiger partial charge on any atom is 0.255 e. The molecule has 0 saturated heterocycles. The van der Waals surface area contributed by atoms with Crippen molar-refractivity contribution < 1.29 is 9.90 Å². The van der Waals surface area contributed by atoms with Gasteiger partial charge in [0.2, 0.25) is 0 Å². The van der Waals surface area contributed by atoms with Gasteiger partial charge in [0.25, 0.3) is 5.91 Å². The van der Waals surface area contributed by atoms with Crippen LogP contribution in [0.3, 0.4) is 0 Å². The molecule has 0 aliphatic rings. The molecule has 2 aromatic rings. The maximum atomic E-state index is 12.2. The van der Waals surface area contributed by atoms with Crippen LogP contribution >= 0.6 is 0 Å². The molecule has 19 heavy (non-hydrogen) atoms. The van der Waals surface area contributed by atoms with Gasteiger partial charge in [0.05, 0.1) is 0 Å². The molecular formula is C16H17NO2. The lowest BCUT2D eigenvalue weighted by Crippen LogP contribution is -2.13. The predicted octanol–water partition coefficient (Wildman–Crippen LogP) is 3.57. The smallest absolute Gasteiger partial charge is 0.255 e. The number of phenolic OH excluding ortho intramolecular Hbond substituents is 1. The van der Waals surface area contributed by atoms with E-state index < -0.39 is 0 Å². The number of nitrogens with one attached hydrogen (secondary N) is 1. The lowest BCUT2D eigenvalue weighted by molar-refractivity contribution is 0.102. The van der Waals surface area contributed by atoms with Crippen molar-refractivity contribution >= 4 is 11.6 Å². The van der Waals surface area contributed by atoms with Gasteiger partial charge in [-0.1, -0.05) is 17.7 Å². The summed E-state index contributed by atoms with van der Waals surface area (Å²) in [6, 6.07) is 10.7. The molecule has 2 rings (SSSR count). The second kappa shape index (κ2) is 5.14. The molecule has 3 heteroatoms. The molecule has 0 unspecified atom stereocenters. The number of hydrogen-bond acceptors (Lipinski definition) is 2. The van der Waals surface area contributed by atoms with Crippen LogP contribution in [-0.2, 0) is 0 Å². The highest BCUT2D eigenvalue weighted by molar-refractivity contribution is 6.05. The minimum Gasteiger partial charge on any atom is -0.508 e. The zero-order valence-corrected chi connectivity index (χ0v) is 11.3. The molecule has 0 fully saturated rings. The fourth-order valence-corrected chi connectivity index (χ4v) is 2.11. The maximum absolute atomic E-state index is 12.2. The van der Waals surface area contributed by atoms with Crippen molar-refractivity contribution in [2.45, 2.75) is 20.8 Å². The summed E-state index contributed by atoms with van der Waals surface area (Å²) in [7, 11) is 0. The lowest BCUT2D eigenvalue weighted by atomic mass is 10.1. The molecule has 1 amide bonds. The normalized spacial score (nSPS) is 10.3. The van der Waals surface area contributed by atoms with Crippen LogP contribution in [0.2, 0.25) is 0 Å². The molecule has 3 nitrogen and oxygen atoms in total. The van der Waals surface area contributed by atoms with Gasteiger partial charge in [-0.3, -0.25) is 4.79 Å². The van der Waals surface area contributed by atoms with E-state index >= 15 is 0 Å². The topological polar surface area (TPSA) is 49.3 Å². The van der Waals surface area contributed by atoms with Crippen molar-refractivity contribution in [2.24, 2.45) is 0 Å². The minimum atomic E-state index is -0.138. The average Bonchev–Trinajstić information content (AvgIpc) is 2.33. The van der Waals surface area contributed by atoms with E-state index in [2.05, 4.69) is 5.32 Å². The number of anilines is 1. The fourth-order valence-electron chi connectivity index (χ4n) is 2.11. The van der Waals surface area contributed by atoms with Crippen LogP contribution in [0.5, 0.6) is 5.75 Å². The van der Waals surface area contributed by atoms with Crippen molar-refractivity contribution in [2.75, 3.05) is 5.32 Å². The molecule has 2 aromatic carbocycles. The molecule has 0 aromatic heterocycles. The van der Waals surface area contributed by atoms with Gasteiger partial charge in [-0.25, -0.2) is 0 Å². The molecule has 98 valence electrons. The predicted molar refractivity (Wildman–Crippen MR) is 76.7 cm³/mol. The molecule has 2 N–H and O–H groups in total. The quantitative estimate of drug-likeness (QED) is 0.806. The number of carbonyl (C=O) groups is 1. The Kier molecular flexibility index (Phi) is 3.56. The first-order valence-electron chi connectivity index (χ1n) is 6.15. The highest BCUT2D eigenvalue weighted by atomic mass is 16.3. The average molecular weight is 255 g/mol. The molecule has 0 saturated carbocycles. The molecule has 0 aliphatic heterocycles. The number of amides is 1. The highest BCUT2D eigenvalue weighted by Crippen LogP contribution is 2.25. The van der Waals surface area contributed by atoms with E-state index in [-0.39, 0.29) is 11.7 Å². The summed E-state index contributed by atoms with van der Waals surface area (Å²) in [5.74, 6) is 0.0733. The van der Waals surface area contributed by atoms with Crippen molar-refractivity contribution in [1.29, 1.82) is 0 Å². The number of phenols is 1. The standard InChI is InChI=1S/C16H17NO2/c1-10-5-4-6-13(7-10)16(19)17-15-11(2)8-14(18)9-12(15)3/h4-9,18H,1-3H3,(H,17,19). The zero-order chi connectivity index (χ0) is 14.0. The van der Waals surface area contributed by atoms with Crippen LogP contribution in [0.25, 0.3) is 0 Å². The van der Waals surface area contributed by atoms with Crippen LogP contribution in [0, 0.1) is 20.8 Å². The van der Waals surface area contributed by atoms with E-state index in [4.69, 9.17) is 0 Å². The summed E-state index contributed by atoms with van der Waals surface area (Å²) in [5.41, 5.74) is 4.12. The Hall–Kier alpha value is -2.29. The van der Waals surface area contributed by atoms with E-state index in [1.54, 1.807) is 18.2 Å². The van der Waals surface area contributed by atoms with Crippen LogP contribution in [-0.4, -0.2) is 11.0 Å². The van der Waals surface area contributed by atoms with E-state index in [0.717, 1.165) is 22.4 Å². The van der Waals surface area contributed by atoms with Gasteiger partial charge in [-0.2, -0.15) is 0 Å². The van der Waals surface area contributed by atoms with Gasteiger partial charge >= 0.3 is 0 Å². The van der Waals surface area contributed by atoms with E-state index in [9.17, 15) is 9.90 Å². The minimum absolute atomic E-state index is 0.138. The van der Waals surface area contributed by atoms with E-state index in [1.807, 2.05) is 39.0 Å². The Bertz CT molecular complexity index is 609. The second-order valence-electron chi connectivity index (χ2n) is 4.78. The number of aryl methyl sites for hydroxylation is 3. The van der Waals surface area contributed by atoms with Gasteiger partial charge in [-0.05, 0) is 56.2 Å². The summed E-state index contributed by atoms with van der Waals surface area (Å²) >= 11 is 0. The van der Waals surface area contributed by atoms with Gasteiger partial charge in [0.15, 0.2) is 0 Å². The summed E-state index contributed by atoms with van der Waals surface area (Å²) in [6.45, 7) is 5.67. The van der Waals surface area contributed by atoms with Gasteiger partial charge in [0.1, 0.15) is 5.75 Å². The van der Waals surface area contributed by atoms with Gasteiger partial charge in [-0.15, -0.1) is 0 Å². The third-order valence-corrected chi connectivity index (χ3v) is 3.04. The Morgan fingerprint density at radius 3 is 2.26 bits per heavy atom. The molecule has 0 spiro atoms. The molecule has 0 aliphatic carbocycles. The number of hydrogen-bond donors (Lipinski definition) is 2. The second-order valence-corrected chi connectivity index (χ2v) is 4.78. The monoisotopic (exact) mass is 255 g/mol. The summed E-state index contributed by atoms with van der Waals surface area (Å²) in [6.07, 6.45) is 0. The highest BCUT2D eigenvalue weighted by Gasteiger charge is 2.10. The van der Waals surface area contributed by atoms with Gasteiger partial charge < -0.3 is 10.4 Å². The van der Waals surface area contributed by atoms with E-state index in [0.29, 0.717) is 5.56 Å². The Morgan fingerprint density at radius 2 is 1.68 bits per heavy atom. The number of benzene rings is 2. The van der Waals surface area contributed by atoms with Crippen molar-refractivity contribution in [3.8, 4) is 5.75 Å². The van der Waals surface area contributed by atoms with Crippen molar-refractivity contribution in [3.63, 3.8) is 0 Å². The van der Waals surface area contributed by atoms with Crippen LogP contribution in [0.1, 0.15) is 27.0 Å². The third-order valence-electron chi connectivity index (χ3n) is 3.04. The Balaban J connectivity index is 2.29. The van der Waals surface area contributed by atoms with Crippen molar-refractivity contribution in [1.82, 2.24) is 0 Å². The molecular weight excluding hydrogens is 238 g/mol. The number of carbonyl (C=O) groups excluding carboxylic acids is 1. The number of aromatic hydroxyl groups is 1. The third kappa shape index (κ3) is 2.94. The number of rotatable bonds is 2. The summed E-state index contributed by atoms with van der Waals surface area (Å²) in [4.78, 5) is 12.2. The van der Waals surface area contributed by atoms with Crippen LogP contribution in [0.4, 0.5) is 5.69 Å². The van der Waals surface area contributed by atoms with E-state index in [1.165, 1.54) is 0 Å². The molecule has 0 bridgehead atoms. The van der Waals surface area contributed by atoms with Gasteiger partial charge in [0, 0.05) is 11.3 Å². The Morgan fingerprint density at radius 1 is 1.05 bits per heavy atom. The summed E-state index contributed by atoms with van der Waals surface area (Å²) in [5, 5.41) is 12.4. The summed E-state index contributed by atoms with van der Waals surface area (Å²) < 4.78 is 0. The first-order chi connectivity index (χ1) is 8.97.